The van der Waals surface area contributed by atoms with E-state index in [0.29, 0.717) is 29.4 Å². The second-order valence-corrected chi connectivity index (χ2v) is 9.37. The molecule has 1 saturated heterocycles. The number of oxazole rings is 1. The lowest BCUT2D eigenvalue weighted by molar-refractivity contribution is -0.137. The van der Waals surface area contributed by atoms with Crippen molar-refractivity contribution in [3.63, 3.8) is 0 Å². The molecule has 0 bridgehead atoms. The van der Waals surface area contributed by atoms with E-state index >= 15 is 0 Å². The molecule has 0 atom stereocenters. The van der Waals surface area contributed by atoms with Crippen LogP contribution in [0.1, 0.15) is 31.6 Å². The minimum Gasteiger partial charge on any atom is -0.423 e. The second kappa shape index (κ2) is 8.76. The topological polar surface area (TPSA) is 88.5 Å². The molecule has 6 rings (SSSR count). The maximum Gasteiger partial charge on any atom is 0.298 e. The first kappa shape index (κ1) is 21.2. The number of carbonyl (C=O) groups is 1. The van der Waals surface area contributed by atoms with Gasteiger partial charge in [-0.1, -0.05) is 23.7 Å². The molecule has 2 aromatic heterocycles. The number of nitrogens with zero attached hydrogens (tertiary/aromatic N) is 5. The molecule has 0 unspecified atom stereocenters. The number of amides is 1. The van der Waals surface area contributed by atoms with Gasteiger partial charge in [-0.3, -0.25) is 4.79 Å². The van der Waals surface area contributed by atoms with Crippen molar-refractivity contribution >= 4 is 34.6 Å². The molecule has 0 radical (unpaired) electrons. The summed E-state index contributed by atoms with van der Waals surface area (Å²) in [5.41, 5.74) is 2.44. The summed E-state index contributed by atoms with van der Waals surface area (Å²) in [5.74, 6) is 1.03. The average Bonchev–Trinajstić information content (AvgIpc) is 3.44. The lowest BCUT2D eigenvalue weighted by Gasteiger charge is -2.33. The van der Waals surface area contributed by atoms with Crippen molar-refractivity contribution in [2.75, 3.05) is 18.0 Å². The Morgan fingerprint density at radius 2 is 1.76 bits per heavy atom. The van der Waals surface area contributed by atoms with Gasteiger partial charge in [0.05, 0.1) is 6.54 Å². The first-order valence-corrected chi connectivity index (χ1v) is 12.0. The molecule has 34 heavy (non-hydrogen) atoms. The molecule has 1 saturated carbocycles. The van der Waals surface area contributed by atoms with Gasteiger partial charge >= 0.3 is 0 Å². The predicted octanol–water partition coefficient (Wildman–Crippen LogP) is 4.94. The van der Waals surface area contributed by atoms with Crippen LogP contribution in [0.4, 0.5) is 6.01 Å². The number of piperidine rings is 1. The molecule has 1 aliphatic heterocycles. The maximum atomic E-state index is 13.4. The Hall–Kier alpha value is -3.39. The SMILES string of the molecule is O=C(C1CCN(c2nc3ccccc3o2)CC1)N(Cc1nnc(-c2ccc(Cl)cc2)o1)C1CC1. The van der Waals surface area contributed by atoms with Crippen molar-refractivity contribution in [2.24, 2.45) is 5.92 Å². The number of aromatic nitrogens is 3. The second-order valence-electron chi connectivity index (χ2n) is 8.93. The van der Waals surface area contributed by atoms with Crippen LogP contribution in [0.25, 0.3) is 22.6 Å². The number of fused-ring (bicyclic) bond motifs is 1. The van der Waals surface area contributed by atoms with E-state index in [-0.39, 0.29) is 17.9 Å². The summed E-state index contributed by atoms with van der Waals surface area (Å²) >= 11 is 5.96. The molecular weight excluding hydrogens is 454 g/mol. The number of hydrogen-bond acceptors (Lipinski definition) is 7. The van der Waals surface area contributed by atoms with Crippen LogP contribution in [0.2, 0.25) is 5.02 Å². The molecule has 3 heterocycles. The fraction of sp³-hybridized carbons (Fsp3) is 0.360. The fourth-order valence-corrected chi connectivity index (χ4v) is 4.62. The van der Waals surface area contributed by atoms with Crippen LogP contribution >= 0.6 is 11.6 Å². The molecule has 4 aromatic rings. The smallest absolute Gasteiger partial charge is 0.298 e. The van der Waals surface area contributed by atoms with Crippen LogP contribution in [0.3, 0.4) is 0 Å². The molecule has 9 heteroatoms. The minimum absolute atomic E-state index is 0.0279. The molecule has 2 aliphatic rings. The van der Waals surface area contributed by atoms with Crippen LogP contribution in [0.15, 0.2) is 57.4 Å². The van der Waals surface area contributed by atoms with Crippen LogP contribution in [-0.4, -0.2) is 45.1 Å². The van der Waals surface area contributed by atoms with Crippen LogP contribution in [0, 0.1) is 5.92 Å². The molecule has 0 spiro atoms. The fourth-order valence-electron chi connectivity index (χ4n) is 4.49. The van der Waals surface area contributed by atoms with E-state index in [1.165, 1.54) is 0 Å². The summed E-state index contributed by atoms with van der Waals surface area (Å²) in [6, 6.07) is 15.9. The highest BCUT2D eigenvalue weighted by Gasteiger charge is 2.38. The summed E-state index contributed by atoms with van der Waals surface area (Å²) in [6.45, 7) is 1.82. The normalized spacial score (nSPS) is 16.8. The highest BCUT2D eigenvalue weighted by atomic mass is 35.5. The first-order valence-electron chi connectivity index (χ1n) is 11.6. The number of hydrogen-bond donors (Lipinski definition) is 0. The van der Waals surface area contributed by atoms with Gasteiger partial charge in [0.2, 0.25) is 17.7 Å². The zero-order chi connectivity index (χ0) is 23.1. The molecular formula is C25H24ClN5O3. The minimum atomic E-state index is -0.0279. The average molecular weight is 478 g/mol. The van der Waals surface area contributed by atoms with Crippen molar-refractivity contribution < 1.29 is 13.6 Å². The summed E-state index contributed by atoms with van der Waals surface area (Å²) in [5, 5.41) is 9.00. The third kappa shape index (κ3) is 4.25. The Kier molecular flexibility index (Phi) is 5.45. The Bertz CT molecular complexity index is 1270. The van der Waals surface area contributed by atoms with Gasteiger partial charge in [-0.05, 0) is 62.1 Å². The molecule has 8 nitrogen and oxygen atoms in total. The third-order valence-electron chi connectivity index (χ3n) is 6.53. The zero-order valence-corrected chi connectivity index (χ0v) is 19.3. The highest BCUT2D eigenvalue weighted by Crippen LogP contribution is 2.33. The van der Waals surface area contributed by atoms with Gasteiger partial charge in [0, 0.05) is 35.6 Å². The molecule has 2 aromatic carbocycles. The van der Waals surface area contributed by atoms with Gasteiger partial charge in [0.15, 0.2) is 5.58 Å². The Labute approximate surface area is 201 Å². The maximum absolute atomic E-state index is 13.4. The van der Waals surface area contributed by atoms with E-state index in [0.717, 1.165) is 55.4 Å². The molecule has 1 aliphatic carbocycles. The van der Waals surface area contributed by atoms with E-state index in [1.807, 2.05) is 41.3 Å². The van der Waals surface area contributed by atoms with E-state index in [4.69, 9.17) is 20.4 Å². The van der Waals surface area contributed by atoms with Gasteiger partial charge < -0.3 is 18.6 Å². The largest absolute Gasteiger partial charge is 0.423 e. The van der Waals surface area contributed by atoms with Gasteiger partial charge in [0.1, 0.15) is 5.52 Å². The number of benzene rings is 2. The van der Waals surface area contributed by atoms with Gasteiger partial charge in [-0.15, -0.1) is 10.2 Å². The quantitative estimate of drug-likeness (QED) is 0.388. The number of halogens is 1. The Balaban J connectivity index is 1.11. The lowest BCUT2D eigenvalue weighted by atomic mass is 9.95. The van der Waals surface area contributed by atoms with Crippen molar-refractivity contribution in [2.45, 2.75) is 38.3 Å². The molecule has 1 amide bonds. The third-order valence-corrected chi connectivity index (χ3v) is 6.78. The zero-order valence-electron chi connectivity index (χ0n) is 18.6. The van der Waals surface area contributed by atoms with Gasteiger partial charge in [0.25, 0.3) is 6.01 Å². The van der Waals surface area contributed by atoms with E-state index < -0.39 is 0 Å². The van der Waals surface area contributed by atoms with Crippen molar-refractivity contribution in [3.8, 4) is 11.5 Å². The molecule has 2 fully saturated rings. The molecule has 0 N–H and O–H groups in total. The van der Waals surface area contributed by atoms with Crippen LogP contribution < -0.4 is 4.90 Å². The lowest BCUT2D eigenvalue weighted by Crippen LogP contribution is -2.43. The van der Waals surface area contributed by atoms with E-state index in [2.05, 4.69) is 20.1 Å². The number of para-hydroxylation sites is 2. The van der Waals surface area contributed by atoms with Gasteiger partial charge in [-0.25, -0.2) is 0 Å². The van der Waals surface area contributed by atoms with Crippen LogP contribution in [0.5, 0.6) is 0 Å². The standard InChI is InChI=1S/C25H24ClN5O3/c26-18-7-5-16(6-8-18)23-29-28-22(34-23)15-31(19-9-10-19)24(32)17-11-13-30(14-12-17)25-27-20-3-1-2-4-21(20)33-25/h1-8,17,19H,9-15H2. The first-order chi connectivity index (χ1) is 16.6. The monoisotopic (exact) mass is 477 g/mol. The summed E-state index contributed by atoms with van der Waals surface area (Å²) in [4.78, 5) is 22.1. The number of carbonyl (C=O) groups excluding carboxylic acids is 1. The number of rotatable bonds is 6. The predicted molar refractivity (Wildman–Crippen MR) is 127 cm³/mol. The van der Waals surface area contributed by atoms with Crippen molar-refractivity contribution in [3.05, 3.63) is 59.4 Å². The summed E-state index contributed by atoms with van der Waals surface area (Å²) in [7, 11) is 0. The molecule has 174 valence electrons. The summed E-state index contributed by atoms with van der Waals surface area (Å²) in [6.07, 6.45) is 3.57. The van der Waals surface area contributed by atoms with Crippen LogP contribution in [-0.2, 0) is 11.3 Å². The summed E-state index contributed by atoms with van der Waals surface area (Å²) < 4.78 is 11.8. The van der Waals surface area contributed by atoms with Crippen molar-refractivity contribution in [1.82, 2.24) is 20.1 Å². The number of anilines is 1. The van der Waals surface area contributed by atoms with E-state index in [1.54, 1.807) is 12.1 Å². The van der Waals surface area contributed by atoms with Crippen molar-refractivity contribution in [1.29, 1.82) is 0 Å². The Morgan fingerprint density at radius 3 is 2.50 bits per heavy atom. The Morgan fingerprint density at radius 1 is 1.00 bits per heavy atom. The highest BCUT2D eigenvalue weighted by molar-refractivity contribution is 6.30. The van der Waals surface area contributed by atoms with Gasteiger partial charge in [-0.2, -0.15) is 4.98 Å². The van der Waals surface area contributed by atoms with E-state index in [9.17, 15) is 4.79 Å².